The zero-order valence-corrected chi connectivity index (χ0v) is 20.4. The van der Waals surface area contributed by atoms with Crippen LogP contribution < -0.4 is 0 Å². The fourth-order valence-electron chi connectivity index (χ4n) is 4.17. The molecule has 0 radical (unpaired) electrons. The van der Waals surface area contributed by atoms with Crippen LogP contribution in [0.5, 0.6) is 0 Å². The van der Waals surface area contributed by atoms with Gasteiger partial charge < -0.3 is 9.84 Å². The highest BCUT2D eigenvalue weighted by atomic mass is 79.9. The van der Waals surface area contributed by atoms with Gasteiger partial charge >= 0.3 is 5.97 Å². The molecule has 1 atom stereocenters. The van der Waals surface area contributed by atoms with E-state index in [0.29, 0.717) is 25.9 Å². The van der Waals surface area contributed by atoms with E-state index in [4.69, 9.17) is 4.74 Å². The van der Waals surface area contributed by atoms with Crippen LogP contribution in [-0.2, 0) is 21.7 Å². The number of benzene rings is 2. The molecule has 1 aromatic heterocycles. The van der Waals surface area contributed by atoms with Crippen molar-refractivity contribution in [3.05, 3.63) is 88.4 Å². The van der Waals surface area contributed by atoms with E-state index in [0.717, 1.165) is 22.2 Å². The maximum atomic E-state index is 14.6. The number of halogens is 3. The van der Waals surface area contributed by atoms with Gasteiger partial charge in [0.2, 0.25) is 0 Å². The second kappa shape index (κ2) is 11.2. The van der Waals surface area contributed by atoms with Gasteiger partial charge in [-0.15, -0.1) is 0 Å². The first kappa shape index (κ1) is 25.2. The van der Waals surface area contributed by atoms with E-state index in [2.05, 4.69) is 26.0 Å². The third-order valence-corrected chi connectivity index (χ3v) is 6.44. The summed E-state index contributed by atoms with van der Waals surface area (Å²) in [6.07, 6.45) is 6.76. The summed E-state index contributed by atoms with van der Waals surface area (Å²) in [6.45, 7) is 1.12. The molecule has 0 amide bonds. The molecule has 7 nitrogen and oxygen atoms in total. The van der Waals surface area contributed by atoms with E-state index in [1.165, 1.54) is 29.5 Å². The summed E-state index contributed by atoms with van der Waals surface area (Å²) >= 11 is 3.37. The van der Waals surface area contributed by atoms with E-state index >= 15 is 0 Å². The summed E-state index contributed by atoms with van der Waals surface area (Å²) in [7, 11) is 0. The van der Waals surface area contributed by atoms with Crippen molar-refractivity contribution in [3.63, 3.8) is 0 Å². The molecular formula is C25H25BrF2N4O3. The Bertz CT molecular complexity index is 1170. The topological polar surface area (TPSA) is 80.5 Å². The number of aromatic nitrogens is 3. The summed E-state index contributed by atoms with van der Waals surface area (Å²) in [4.78, 5) is 18.1. The zero-order valence-electron chi connectivity index (χ0n) is 18.9. The number of rotatable bonds is 8. The summed E-state index contributed by atoms with van der Waals surface area (Å²) < 4.78 is 36.0. The monoisotopic (exact) mass is 546 g/mol. The first-order chi connectivity index (χ1) is 16.8. The molecule has 3 aromatic rings. The molecule has 0 aliphatic carbocycles. The molecule has 35 heavy (non-hydrogen) atoms. The van der Waals surface area contributed by atoms with Gasteiger partial charge in [0.25, 0.3) is 0 Å². The van der Waals surface area contributed by atoms with Crippen LogP contribution in [0.25, 0.3) is 6.08 Å². The van der Waals surface area contributed by atoms with Crippen molar-refractivity contribution < 1.29 is 23.4 Å². The average molecular weight is 547 g/mol. The number of piperidine rings is 1. The largest absolute Gasteiger partial charge is 0.459 e. The Hall–Kier alpha value is -2.95. The van der Waals surface area contributed by atoms with Gasteiger partial charge in [0.15, 0.2) is 0 Å². The fraction of sp³-hybridized carbons (Fsp3) is 0.320. The highest BCUT2D eigenvalue weighted by molar-refractivity contribution is 9.10. The molecule has 4 rings (SSSR count). The average Bonchev–Trinajstić information content (AvgIpc) is 3.32. The van der Waals surface area contributed by atoms with Crippen LogP contribution in [0.4, 0.5) is 8.78 Å². The lowest BCUT2D eigenvalue weighted by Gasteiger charge is -2.38. The Labute approximate surface area is 210 Å². The third kappa shape index (κ3) is 6.81. The van der Waals surface area contributed by atoms with E-state index in [-0.39, 0.29) is 24.8 Å². The summed E-state index contributed by atoms with van der Waals surface area (Å²) in [5, 5.41) is 15.5. The maximum Gasteiger partial charge on any atom is 0.331 e. The molecule has 1 N–H and O–H groups in total. The highest BCUT2D eigenvalue weighted by Crippen LogP contribution is 2.29. The molecule has 1 fully saturated rings. The number of ether oxygens (including phenoxy) is 1. The molecule has 10 heteroatoms. The number of carbonyl (C=O) groups is 1. The molecule has 1 aliphatic rings. The number of β-amino-alcohol motifs (C(OH)–C–C–N with tert-alkyl or cyclic N) is 1. The number of likely N-dealkylation sites (tertiary alicyclic amines) is 1. The first-order valence-corrected chi connectivity index (χ1v) is 12.0. The van der Waals surface area contributed by atoms with Crippen molar-refractivity contribution >= 4 is 28.0 Å². The van der Waals surface area contributed by atoms with E-state index in [1.54, 1.807) is 6.08 Å². The Kier molecular flexibility index (Phi) is 8.04. The number of aliphatic hydroxyl groups is 1. The van der Waals surface area contributed by atoms with Gasteiger partial charge in [-0.1, -0.05) is 34.1 Å². The fourth-order valence-corrected chi connectivity index (χ4v) is 4.43. The maximum absolute atomic E-state index is 14.6. The molecule has 2 heterocycles. The van der Waals surface area contributed by atoms with Gasteiger partial charge in [-0.25, -0.2) is 23.2 Å². The second-order valence-corrected chi connectivity index (χ2v) is 9.46. The van der Waals surface area contributed by atoms with Gasteiger partial charge in [-0.2, -0.15) is 5.10 Å². The minimum Gasteiger partial charge on any atom is -0.459 e. The van der Waals surface area contributed by atoms with Crippen molar-refractivity contribution in [2.24, 2.45) is 0 Å². The van der Waals surface area contributed by atoms with Gasteiger partial charge in [0.1, 0.15) is 36.0 Å². The van der Waals surface area contributed by atoms with Crippen LogP contribution >= 0.6 is 15.9 Å². The number of hydrogen-bond acceptors (Lipinski definition) is 6. The third-order valence-electron chi connectivity index (χ3n) is 5.91. The summed E-state index contributed by atoms with van der Waals surface area (Å²) in [5.41, 5.74) is -0.789. The molecule has 0 spiro atoms. The van der Waals surface area contributed by atoms with Crippen LogP contribution in [0.3, 0.4) is 0 Å². The van der Waals surface area contributed by atoms with Gasteiger partial charge in [0, 0.05) is 41.8 Å². The van der Waals surface area contributed by atoms with Gasteiger partial charge in [-0.3, -0.25) is 4.90 Å². The van der Waals surface area contributed by atoms with E-state index in [9.17, 15) is 18.7 Å². The second-order valence-electron chi connectivity index (χ2n) is 8.55. The van der Waals surface area contributed by atoms with Gasteiger partial charge in [0.05, 0.1) is 6.54 Å². The minimum absolute atomic E-state index is 0.0129. The number of nitrogens with zero attached hydrogens (tertiary/aromatic N) is 4. The Morgan fingerprint density at radius 2 is 1.91 bits per heavy atom. The van der Waals surface area contributed by atoms with E-state index in [1.807, 2.05) is 29.2 Å². The molecule has 0 bridgehead atoms. The molecule has 2 aromatic carbocycles. The Morgan fingerprint density at radius 1 is 1.17 bits per heavy atom. The Balaban J connectivity index is 1.36. The number of carbonyl (C=O) groups excluding carboxylic acids is 1. The quantitative estimate of drug-likeness (QED) is 0.340. The van der Waals surface area contributed by atoms with Crippen molar-refractivity contribution in [1.29, 1.82) is 0 Å². The molecule has 0 saturated carbocycles. The summed E-state index contributed by atoms with van der Waals surface area (Å²) in [5.74, 6) is -1.96. The predicted molar refractivity (Wildman–Crippen MR) is 129 cm³/mol. The van der Waals surface area contributed by atoms with Crippen LogP contribution in [0, 0.1) is 11.6 Å². The number of esters is 1. The van der Waals surface area contributed by atoms with Crippen molar-refractivity contribution in [2.75, 3.05) is 19.6 Å². The lowest BCUT2D eigenvalue weighted by atomic mass is 9.91. The summed E-state index contributed by atoms with van der Waals surface area (Å²) in [6, 6.07) is 10.7. The molecule has 1 aliphatic heterocycles. The predicted octanol–water partition coefficient (Wildman–Crippen LogP) is 3.93. The van der Waals surface area contributed by atoms with Crippen LogP contribution in [-0.4, -0.2) is 56.5 Å². The Morgan fingerprint density at radius 3 is 2.57 bits per heavy atom. The lowest BCUT2D eigenvalue weighted by molar-refractivity contribution is -0.145. The molecule has 1 saturated heterocycles. The molecular weight excluding hydrogens is 522 g/mol. The van der Waals surface area contributed by atoms with E-state index < -0.39 is 23.2 Å². The number of hydrogen-bond donors (Lipinski definition) is 1. The molecule has 1 unspecified atom stereocenters. The van der Waals surface area contributed by atoms with Crippen LogP contribution in [0.15, 0.2) is 65.7 Å². The minimum atomic E-state index is -1.66. The normalized spacial score (nSPS) is 16.9. The smallest absolute Gasteiger partial charge is 0.331 e. The molecule has 184 valence electrons. The lowest BCUT2D eigenvalue weighted by Crippen LogP contribution is -2.48. The first-order valence-electron chi connectivity index (χ1n) is 11.2. The SMILES string of the molecule is O=C(/C=C/c1ccc(Br)cc1)OC1CCN(CC(O)(Cn2cncn2)c2ccc(F)cc2F)CC1. The van der Waals surface area contributed by atoms with Crippen molar-refractivity contribution in [1.82, 2.24) is 19.7 Å². The standard InChI is InChI=1S/C25H25BrF2N4O3/c26-19-4-1-18(2-5-19)3-8-24(33)35-21-9-11-31(12-10-21)14-25(34,15-32-17-29-16-30-32)22-7-6-20(27)13-23(22)28/h1-8,13,16-17,21,34H,9-12,14-15H2/b8-3+. The van der Waals surface area contributed by atoms with Crippen LogP contribution in [0.1, 0.15) is 24.0 Å². The zero-order chi connectivity index (χ0) is 24.8. The van der Waals surface area contributed by atoms with Crippen LogP contribution in [0.2, 0.25) is 0 Å². The van der Waals surface area contributed by atoms with Crippen molar-refractivity contribution in [2.45, 2.75) is 31.1 Å². The van der Waals surface area contributed by atoms with Crippen molar-refractivity contribution in [3.8, 4) is 0 Å². The highest BCUT2D eigenvalue weighted by Gasteiger charge is 2.37. The van der Waals surface area contributed by atoms with Gasteiger partial charge in [-0.05, 0) is 42.7 Å².